The molecule has 0 saturated heterocycles. The summed E-state index contributed by atoms with van der Waals surface area (Å²) in [7, 11) is 0. The molecule has 3 N–H and O–H groups in total. The third-order valence-corrected chi connectivity index (χ3v) is 5.70. The lowest BCUT2D eigenvalue weighted by Gasteiger charge is -2.23. The van der Waals surface area contributed by atoms with E-state index in [1.54, 1.807) is 12.2 Å². The van der Waals surface area contributed by atoms with Crippen LogP contribution in [-0.4, -0.2) is 47.9 Å². The second-order valence-electron chi connectivity index (χ2n) is 8.04. The summed E-state index contributed by atoms with van der Waals surface area (Å²) in [5.41, 5.74) is 3.77. The third kappa shape index (κ3) is 6.06. The molecule has 2 amide bonds. The molecule has 182 valence electrons. The van der Waals surface area contributed by atoms with Gasteiger partial charge in [-0.05, 0) is 28.7 Å². The summed E-state index contributed by atoms with van der Waals surface area (Å²) < 4.78 is 45.5. The Kier molecular flexibility index (Phi) is 7.80. The molecule has 1 aliphatic carbocycles. The molecule has 0 fully saturated rings. The van der Waals surface area contributed by atoms with Crippen LogP contribution in [0, 0.1) is 0 Å². The molecule has 2 atom stereocenters. The fourth-order valence-corrected chi connectivity index (χ4v) is 4.01. The van der Waals surface area contributed by atoms with Gasteiger partial charge < -0.3 is 20.5 Å². The number of nitrogens with one attached hydrogen (secondary N) is 2. The maximum atomic E-state index is 13.5. The predicted octanol–water partition coefficient (Wildman–Crippen LogP) is 4.22. The van der Waals surface area contributed by atoms with Gasteiger partial charge in [-0.15, -0.1) is 0 Å². The number of aliphatic carboxylic acids is 1. The number of carboxylic acids is 1. The van der Waals surface area contributed by atoms with Gasteiger partial charge in [-0.25, -0.2) is 4.79 Å². The van der Waals surface area contributed by atoms with E-state index < -0.39 is 49.1 Å². The molecule has 0 radical (unpaired) electrons. The van der Waals surface area contributed by atoms with Crippen LogP contribution in [0.4, 0.5) is 18.0 Å². The summed E-state index contributed by atoms with van der Waals surface area (Å²) >= 11 is 0. The van der Waals surface area contributed by atoms with Gasteiger partial charge in [0.2, 0.25) is 5.91 Å². The first kappa shape index (κ1) is 25.1. The zero-order chi connectivity index (χ0) is 24.9. The van der Waals surface area contributed by atoms with Gasteiger partial charge in [0, 0.05) is 12.0 Å². The number of hydrogen-bond acceptors (Lipinski definition) is 4. The van der Waals surface area contributed by atoms with Crippen molar-refractivity contribution in [2.24, 2.45) is 0 Å². The molecule has 2 unspecified atom stereocenters. The van der Waals surface area contributed by atoms with Gasteiger partial charge in [0.25, 0.3) is 0 Å². The number of alkyl carbamates (subject to hydrolysis) is 1. The zero-order valence-corrected chi connectivity index (χ0v) is 18.4. The van der Waals surface area contributed by atoms with E-state index in [9.17, 15) is 27.6 Å². The highest BCUT2D eigenvalue weighted by atomic mass is 19.4. The Labute approximate surface area is 194 Å². The number of hydrogen-bond donors (Lipinski definition) is 3. The smallest absolute Gasteiger partial charge is 0.409 e. The first-order valence-electron chi connectivity index (χ1n) is 10.8. The second-order valence-corrected chi connectivity index (χ2v) is 8.04. The number of carbonyl (C=O) groups excluding carboxylic acids is 2. The van der Waals surface area contributed by atoms with E-state index >= 15 is 0 Å². The van der Waals surface area contributed by atoms with Gasteiger partial charge in [0.05, 0.1) is 12.8 Å². The fraction of sp³-hybridized carbons (Fsp3) is 0.375. The number of alkyl halides is 3. The standard InChI is InChI=1S/C24H25F3N2O5/c1-2-14(11-22(31)32)28-21(30)12-20(24(25,26)27)29-23(33)34-13-19-17-9-5-3-7-15(17)16-8-4-6-10-18(16)19/h3-10,14,19-20H,2,11-13H2,1H3,(H,28,30)(H,29,33)(H,31,32). The molecule has 0 heterocycles. The molecular weight excluding hydrogens is 453 g/mol. The van der Waals surface area contributed by atoms with E-state index in [4.69, 9.17) is 9.84 Å². The van der Waals surface area contributed by atoms with E-state index in [1.165, 1.54) is 0 Å². The summed E-state index contributed by atoms with van der Waals surface area (Å²) in [4.78, 5) is 35.1. The SMILES string of the molecule is CCC(CC(=O)O)NC(=O)CC(NC(=O)OCC1c2ccccc2-c2ccccc21)C(F)(F)F. The summed E-state index contributed by atoms with van der Waals surface area (Å²) in [6.45, 7) is 1.43. The number of carboxylic acid groups (broad SMARTS) is 1. The third-order valence-electron chi connectivity index (χ3n) is 5.70. The Morgan fingerprint density at radius 2 is 1.53 bits per heavy atom. The number of amides is 2. The lowest BCUT2D eigenvalue weighted by atomic mass is 9.98. The largest absolute Gasteiger partial charge is 0.481 e. The van der Waals surface area contributed by atoms with Crippen LogP contribution in [0.1, 0.15) is 43.2 Å². The molecule has 2 aromatic carbocycles. The van der Waals surface area contributed by atoms with E-state index in [2.05, 4.69) is 5.32 Å². The minimum Gasteiger partial charge on any atom is -0.481 e. The van der Waals surface area contributed by atoms with Crippen molar-refractivity contribution in [3.63, 3.8) is 0 Å². The Bertz CT molecular complexity index is 1010. The van der Waals surface area contributed by atoms with E-state index in [0.29, 0.717) is 0 Å². The molecule has 3 rings (SSSR count). The molecule has 2 aromatic rings. The molecule has 0 aliphatic heterocycles. The number of carbonyl (C=O) groups is 3. The number of fused-ring (bicyclic) bond motifs is 3. The van der Waals surface area contributed by atoms with Gasteiger partial charge in [0.15, 0.2) is 0 Å². The average molecular weight is 478 g/mol. The van der Waals surface area contributed by atoms with Crippen molar-refractivity contribution in [3.8, 4) is 11.1 Å². The van der Waals surface area contributed by atoms with Gasteiger partial charge in [-0.2, -0.15) is 13.2 Å². The molecule has 1 aliphatic rings. The predicted molar refractivity (Wildman–Crippen MR) is 117 cm³/mol. The highest BCUT2D eigenvalue weighted by Gasteiger charge is 2.42. The first-order valence-corrected chi connectivity index (χ1v) is 10.8. The van der Waals surface area contributed by atoms with Crippen LogP contribution >= 0.6 is 0 Å². The average Bonchev–Trinajstić information content (AvgIpc) is 3.09. The highest BCUT2D eigenvalue weighted by molar-refractivity contribution is 5.80. The second kappa shape index (κ2) is 10.6. The molecule has 0 spiro atoms. The van der Waals surface area contributed by atoms with Crippen molar-refractivity contribution in [1.29, 1.82) is 0 Å². The molecule has 7 nitrogen and oxygen atoms in total. The maximum Gasteiger partial charge on any atom is 0.409 e. The number of rotatable bonds is 9. The van der Waals surface area contributed by atoms with Gasteiger partial charge >= 0.3 is 18.2 Å². The van der Waals surface area contributed by atoms with Crippen molar-refractivity contribution >= 4 is 18.0 Å². The number of benzene rings is 2. The lowest BCUT2D eigenvalue weighted by Crippen LogP contribution is -2.49. The summed E-state index contributed by atoms with van der Waals surface area (Å²) in [6, 6.07) is 11.8. The minimum absolute atomic E-state index is 0.173. The van der Waals surface area contributed by atoms with Crippen LogP contribution in [-0.2, 0) is 14.3 Å². The Morgan fingerprint density at radius 3 is 2.03 bits per heavy atom. The van der Waals surface area contributed by atoms with Crippen molar-refractivity contribution in [2.45, 2.75) is 50.4 Å². The van der Waals surface area contributed by atoms with Crippen LogP contribution in [0.2, 0.25) is 0 Å². The highest BCUT2D eigenvalue weighted by Crippen LogP contribution is 2.44. The van der Waals surface area contributed by atoms with Gasteiger partial charge in [-0.1, -0.05) is 55.5 Å². The van der Waals surface area contributed by atoms with Crippen molar-refractivity contribution in [1.82, 2.24) is 10.6 Å². The molecule has 10 heteroatoms. The molecule has 34 heavy (non-hydrogen) atoms. The quantitative estimate of drug-likeness (QED) is 0.501. The number of ether oxygens (including phenoxy) is 1. The molecular formula is C24H25F3N2O5. The number of halogens is 3. The van der Waals surface area contributed by atoms with Gasteiger partial charge in [0.1, 0.15) is 12.6 Å². The van der Waals surface area contributed by atoms with Crippen molar-refractivity contribution in [2.75, 3.05) is 6.61 Å². The topological polar surface area (TPSA) is 105 Å². The van der Waals surface area contributed by atoms with Crippen LogP contribution < -0.4 is 10.6 Å². The van der Waals surface area contributed by atoms with E-state index in [1.807, 2.05) is 48.5 Å². The Morgan fingerprint density at radius 1 is 0.971 bits per heavy atom. The van der Waals surface area contributed by atoms with Crippen molar-refractivity contribution < 1.29 is 37.4 Å². The Hall–Kier alpha value is -3.56. The van der Waals surface area contributed by atoms with E-state index in [0.717, 1.165) is 22.3 Å². The van der Waals surface area contributed by atoms with Crippen LogP contribution in [0.15, 0.2) is 48.5 Å². The summed E-state index contributed by atoms with van der Waals surface area (Å²) in [5.74, 6) is -2.53. The molecule has 0 saturated carbocycles. The van der Waals surface area contributed by atoms with Crippen LogP contribution in [0.25, 0.3) is 11.1 Å². The Balaban J connectivity index is 1.63. The van der Waals surface area contributed by atoms with Gasteiger partial charge in [-0.3, -0.25) is 9.59 Å². The van der Waals surface area contributed by atoms with E-state index in [-0.39, 0.29) is 18.9 Å². The first-order chi connectivity index (χ1) is 16.1. The molecule has 0 aromatic heterocycles. The molecule has 0 bridgehead atoms. The lowest BCUT2D eigenvalue weighted by molar-refractivity contribution is -0.160. The monoisotopic (exact) mass is 478 g/mol. The summed E-state index contributed by atoms with van der Waals surface area (Å²) in [5, 5.41) is 12.8. The van der Waals surface area contributed by atoms with Crippen LogP contribution in [0.3, 0.4) is 0 Å². The maximum absolute atomic E-state index is 13.5. The van der Waals surface area contributed by atoms with Crippen molar-refractivity contribution in [3.05, 3.63) is 59.7 Å². The van der Waals surface area contributed by atoms with Crippen LogP contribution in [0.5, 0.6) is 0 Å². The summed E-state index contributed by atoms with van der Waals surface area (Å²) in [6.07, 6.45) is -7.48. The zero-order valence-electron chi connectivity index (χ0n) is 18.4. The minimum atomic E-state index is -4.91. The fourth-order valence-electron chi connectivity index (χ4n) is 4.01. The normalized spacial score (nSPS) is 14.5.